The number of hydrogen-bond acceptors (Lipinski definition) is 4. The van der Waals surface area contributed by atoms with Gasteiger partial charge in [-0.05, 0) is 25.1 Å². The van der Waals surface area contributed by atoms with Gasteiger partial charge in [-0.15, -0.1) is 0 Å². The highest BCUT2D eigenvalue weighted by Crippen LogP contribution is 2.22. The van der Waals surface area contributed by atoms with Crippen molar-refractivity contribution in [3.63, 3.8) is 0 Å². The van der Waals surface area contributed by atoms with E-state index in [0.29, 0.717) is 10.0 Å². The molecule has 2 radical (unpaired) electrons. The highest BCUT2D eigenvalue weighted by atomic mass is 35.5. The summed E-state index contributed by atoms with van der Waals surface area (Å²) < 4.78 is 5.13. The van der Waals surface area contributed by atoms with Gasteiger partial charge in [0, 0.05) is 15.6 Å². The monoisotopic (exact) mass is 317 g/mol. The first-order chi connectivity index (χ1) is 9.42. The van der Waals surface area contributed by atoms with Gasteiger partial charge in [-0.3, -0.25) is 4.79 Å². The van der Waals surface area contributed by atoms with Gasteiger partial charge in [-0.2, -0.15) is 0 Å². The third kappa shape index (κ3) is 3.24. The van der Waals surface area contributed by atoms with Crippen molar-refractivity contribution in [1.82, 2.24) is 5.32 Å². The number of benzene rings is 1. The average Bonchev–Trinajstić information content (AvgIpc) is 2.65. The zero-order valence-corrected chi connectivity index (χ0v) is 11.8. The second-order valence-electron chi connectivity index (χ2n) is 4.47. The largest absolute Gasteiger partial charge is 0.394 e. The van der Waals surface area contributed by atoms with Crippen LogP contribution in [0.1, 0.15) is 10.4 Å². The second kappa shape index (κ2) is 6.28. The number of aliphatic hydroxyl groups is 2. The fourth-order valence-electron chi connectivity index (χ4n) is 2.03. The van der Waals surface area contributed by atoms with Crippen LogP contribution >= 0.6 is 23.2 Å². The highest BCUT2D eigenvalue weighted by molar-refractivity contribution is 6.35. The van der Waals surface area contributed by atoms with Gasteiger partial charge in [0.05, 0.1) is 18.8 Å². The fourth-order valence-corrected chi connectivity index (χ4v) is 2.56. The minimum Gasteiger partial charge on any atom is -0.394 e. The van der Waals surface area contributed by atoms with Gasteiger partial charge in [0.15, 0.2) is 0 Å². The Bertz CT molecular complexity index is 491. The minimum absolute atomic E-state index is 0.245. The molecular weight excluding hydrogens is 305 g/mol. The third-order valence-electron chi connectivity index (χ3n) is 3.04. The predicted molar refractivity (Wildman–Crippen MR) is 73.8 cm³/mol. The highest BCUT2D eigenvalue weighted by Gasteiger charge is 2.41. The van der Waals surface area contributed by atoms with Crippen LogP contribution in [0.4, 0.5) is 0 Å². The van der Waals surface area contributed by atoms with Crippen LogP contribution in [-0.2, 0) is 4.74 Å². The van der Waals surface area contributed by atoms with Gasteiger partial charge in [0.1, 0.15) is 12.2 Å². The lowest BCUT2D eigenvalue weighted by atomic mass is 10.0. The molecule has 1 saturated heterocycles. The first kappa shape index (κ1) is 15.5. The zero-order valence-electron chi connectivity index (χ0n) is 10.3. The molecule has 3 N–H and O–H groups in total. The molecule has 1 amide bonds. The number of halogens is 2. The molecule has 0 spiro atoms. The van der Waals surface area contributed by atoms with Crippen molar-refractivity contribution in [2.24, 2.45) is 0 Å². The molecule has 0 aliphatic carbocycles. The Kier molecular flexibility index (Phi) is 4.88. The summed E-state index contributed by atoms with van der Waals surface area (Å²) in [6, 6.07) is 3.57. The quantitative estimate of drug-likeness (QED) is 0.774. The lowest BCUT2D eigenvalue weighted by molar-refractivity contribution is -0.0114. The molecule has 1 aromatic rings. The zero-order chi connectivity index (χ0) is 14.9. The number of carbonyl (C=O) groups excluding carboxylic acids is 1. The van der Waals surface area contributed by atoms with E-state index in [1.165, 1.54) is 18.2 Å². The summed E-state index contributed by atoms with van der Waals surface area (Å²) >= 11 is 11.6. The van der Waals surface area contributed by atoms with E-state index in [2.05, 4.69) is 5.32 Å². The first-order valence-corrected chi connectivity index (χ1v) is 6.65. The number of nitrogens with one attached hydrogen (secondary N) is 1. The van der Waals surface area contributed by atoms with Gasteiger partial charge >= 0.3 is 0 Å². The van der Waals surface area contributed by atoms with E-state index in [1.54, 1.807) is 0 Å². The molecule has 4 atom stereocenters. The van der Waals surface area contributed by atoms with Gasteiger partial charge < -0.3 is 20.3 Å². The molecule has 0 bridgehead atoms. The molecule has 1 aliphatic heterocycles. The number of rotatable bonds is 3. The van der Waals surface area contributed by atoms with E-state index in [0.717, 1.165) is 0 Å². The van der Waals surface area contributed by atoms with Gasteiger partial charge in [-0.1, -0.05) is 23.2 Å². The smallest absolute Gasteiger partial charge is 0.251 e. The van der Waals surface area contributed by atoms with Crippen LogP contribution < -0.4 is 5.32 Å². The number of aliphatic hydroxyl groups excluding tert-OH is 2. The maximum Gasteiger partial charge on any atom is 0.251 e. The van der Waals surface area contributed by atoms with Crippen LogP contribution in [0.15, 0.2) is 18.2 Å². The standard InChI is InChI=1S/C13H13Cl2NO4/c1-6-11(12(18)10(5-17)20-6)16-13(19)7-2-8(14)4-9(15)3-7/h1-4,6,10-12,17-18H,5H2,(H,16,19)/t6-,10+,11?,12-/m0/s1. The molecule has 0 aromatic heterocycles. The molecule has 1 heterocycles. The lowest BCUT2D eigenvalue weighted by Gasteiger charge is -2.19. The maximum absolute atomic E-state index is 12.1. The summed E-state index contributed by atoms with van der Waals surface area (Å²) in [6.07, 6.45) is -2.81. The Balaban J connectivity index is 2.11. The lowest BCUT2D eigenvalue weighted by Crippen LogP contribution is -2.47. The van der Waals surface area contributed by atoms with Crippen LogP contribution in [0, 0.1) is 6.92 Å². The van der Waals surface area contributed by atoms with Gasteiger partial charge in [-0.25, -0.2) is 0 Å². The number of hydrogen-bond donors (Lipinski definition) is 3. The number of carbonyl (C=O) groups is 1. The summed E-state index contributed by atoms with van der Waals surface area (Å²) in [5, 5.41) is 22.1. The van der Waals surface area contributed by atoms with Crippen molar-refractivity contribution in [2.45, 2.75) is 24.4 Å². The van der Waals surface area contributed by atoms with Gasteiger partial charge in [0.25, 0.3) is 5.91 Å². The van der Waals surface area contributed by atoms with Crippen molar-refractivity contribution >= 4 is 29.1 Å². The van der Waals surface area contributed by atoms with Crippen molar-refractivity contribution < 1.29 is 19.7 Å². The third-order valence-corrected chi connectivity index (χ3v) is 3.47. The summed E-state index contributed by atoms with van der Waals surface area (Å²) in [4.78, 5) is 12.1. The van der Waals surface area contributed by atoms with E-state index in [-0.39, 0.29) is 12.2 Å². The maximum atomic E-state index is 12.1. The minimum atomic E-state index is -1.09. The summed E-state index contributed by atoms with van der Waals surface area (Å²) in [5.74, 6) is -0.490. The average molecular weight is 318 g/mol. The van der Waals surface area contributed by atoms with Crippen molar-refractivity contribution in [3.8, 4) is 0 Å². The summed E-state index contributed by atoms with van der Waals surface area (Å²) in [5.41, 5.74) is 0.245. The number of ether oxygens (including phenoxy) is 1. The first-order valence-electron chi connectivity index (χ1n) is 5.89. The Hall–Kier alpha value is -0.850. The topological polar surface area (TPSA) is 78.8 Å². The van der Waals surface area contributed by atoms with Crippen LogP contribution in [0.5, 0.6) is 0 Å². The van der Waals surface area contributed by atoms with Crippen LogP contribution in [-0.4, -0.2) is 47.1 Å². The molecule has 7 heteroatoms. The number of amides is 1. The second-order valence-corrected chi connectivity index (χ2v) is 5.34. The Morgan fingerprint density at radius 1 is 1.35 bits per heavy atom. The van der Waals surface area contributed by atoms with Crippen LogP contribution in [0.2, 0.25) is 10.0 Å². The normalized spacial score (nSPS) is 29.4. The Morgan fingerprint density at radius 2 is 1.95 bits per heavy atom. The van der Waals surface area contributed by atoms with E-state index in [9.17, 15) is 9.90 Å². The molecule has 1 unspecified atom stereocenters. The molecular formula is C13H13Cl2NO4. The summed E-state index contributed by atoms with van der Waals surface area (Å²) in [6.45, 7) is 5.28. The Labute approximate surface area is 126 Å². The van der Waals surface area contributed by atoms with Crippen LogP contribution in [0.3, 0.4) is 0 Å². The molecule has 5 nitrogen and oxygen atoms in total. The van der Waals surface area contributed by atoms with Gasteiger partial charge in [0.2, 0.25) is 0 Å². The fraction of sp³-hybridized carbons (Fsp3) is 0.385. The molecule has 1 fully saturated rings. The molecule has 1 aliphatic rings. The molecule has 2 rings (SSSR count). The molecule has 0 saturated carbocycles. The van der Waals surface area contributed by atoms with Crippen molar-refractivity contribution in [2.75, 3.05) is 6.61 Å². The van der Waals surface area contributed by atoms with Crippen molar-refractivity contribution in [1.29, 1.82) is 0 Å². The molecule has 1 aromatic carbocycles. The molecule has 108 valence electrons. The van der Waals surface area contributed by atoms with Crippen LogP contribution in [0.25, 0.3) is 0 Å². The predicted octanol–water partition coefficient (Wildman–Crippen LogP) is 0.923. The van der Waals surface area contributed by atoms with Crippen molar-refractivity contribution in [3.05, 3.63) is 40.7 Å². The SMILES string of the molecule is [CH][C@@H]1O[C@H](CO)[C@H](O)C1NC(=O)c1cc(Cl)cc(Cl)c1. The van der Waals surface area contributed by atoms with E-state index in [4.69, 9.17) is 40.0 Å². The van der Waals surface area contributed by atoms with E-state index in [1.807, 2.05) is 0 Å². The van der Waals surface area contributed by atoms with E-state index < -0.39 is 30.3 Å². The molecule has 20 heavy (non-hydrogen) atoms. The summed E-state index contributed by atoms with van der Waals surface area (Å²) in [7, 11) is 0. The van der Waals surface area contributed by atoms with E-state index >= 15 is 0 Å². The Morgan fingerprint density at radius 3 is 2.45 bits per heavy atom.